The number of ether oxygens (including phenoxy) is 1. The number of amides is 1. The normalized spacial score (nSPS) is 36.3. The molecule has 1 fully saturated rings. The molecule has 17 nitrogen and oxygen atoms in total. The monoisotopic (exact) mass is 649 g/mol. The summed E-state index contributed by atoms with van der Waals surface area (Å²) >= 11 is 9.16. The average molecular weight is 650 g/mol. The first-order valence-corrected chi connectivity index (χ1v) is 17.2. The number of nitrogens with zero attached hydrogens (tertiary/aromatic N) is 7. The maximum atomic E-state index is 15.8. The fraction of sp³-hybridized carbons (Fsp3) is 0.526. The third kappa shape index (κ3) is 5.73. The van der Waals surface area contributed by atoms with E-state index in [0.717, 1.165) is 0 Å². The first-order valence-electron chi connectivity index (χ1n) is 12.0. The van der Waals surface area contributed by atoms with Gasteiger partial charge in [-0.2, -0.15) is 4.99 Å². The zero-order valence-electron chi connectivity index (χ0n) is 20.9. The predicted octanol–water partition coefficient (Wildman–Crippen LogP) is 0.577. The van der Waals surface area contributed by atoms with Crippen molar-refractivity contribution in [2.75, 3.05) is 13.2 Å². The molecule has 0 aromatic carbocycles. The molecule has 1 saturated heterocycles. The quantitative estimate of drug-likeness (QED) is 0.247. The van der Waals surface area contributed by atoms with Gasteiger partial charge in [-0.05, 0) is 18.7 Å². The van der Waals surface area contributed by atoms with Crippen molar-refractivity contribution in [2.24, 2.45) is 9.98 Å². The number of nitrogens with one attached hydrogen (secondary N) is 2. The summed E-state index contributed by atoms with van der Waals surface area (Å²) in [6.07, 6.45) is -3.79. The Kier molecular flexibility index (Phi) is 7.59. The summed E-state index contributed by atoms with van der Waals surface area (Å²) in [5.74, 6) is -0.397. The van der Waals surface area contributed by atoms with E-state index in [1.54, 1.807) is 11.5 Å². The number of guanidine groups is 1. The molecule has 0 radical (unpaired) electrons. The van der Waals surface area contributed by atoms with Gasteiger partial charge < -0.3 is 23.2 Å². The summed E-state index contributed by atoms with van der Waals surface area (Å²) in [4.78, 5) is 45.1. The molecular formula is C19H22FN9O8P2S2. The number of hydrogen-bond donors (Lipinski definition) is 4. The van der Waals surface area contributed by atoms with Gasteiger partial charge in [-0.1, -0.05) is 12.2 Å². The fourth-order valence-electron chi connectivity index (χ4n) is 4.57. The Balaban J connectivity index is 1.33. The van der Waals surface area contributed by atoms with Gasteiger partial charge >= 0.3 is 13.5 Å². The molecule has 7 atom stereocenters. The minimum Gasteiger partial charge on any atom is -0.346 e. The molecule has 2 aromatic heterocycles. The third-order valence-corrected chi connectivity index (χ3v) is 9.59. The number of imidazole rings is 1. The van der Waals surface area contributed by atoms with Crippen LogP contribution in [0.5, 0.6) is 0 Å². The number of aliphatic imine (C=N–C) groups is 2. The molecule has 220 valence electrons. The molecule has 6 rings (SSSR count). The lowest BCUT2D eigenvalue weighted by Gasteiger charge is -2.30. The lowest BCUT2D eigenvalue weighted by molar-refractivity contribution is -0.119. The average Bonchev–Trinajstić information content (AvgIpc) is 3.55. The Labute approximate surface area is 240 Å². The van der Waals surface area contributed by atoms with Crippen molar-refractivity contribution in [2.45, 2.75) is 50.7 Å². The standard InChI is InChI=1S/C19H22FN9O8P2S2/c1-8-22-4-9-15(24-8)28-2-3-33-38(31,40)34-5-10-12(20)14(37-39(32,41)35-6-11(28)25-9)18(36-10)29-7-23-13-16(29)26-19(21)27-17(13)30/h4,7,10,12-14,18H,2-3,5-6H2,1H3,(H,31,40)(H,32,41)(H2,21,27,30)/t10-,12+,13?,14-,18+,38?,39?/m1/s1. The number of alkyl halides is 1. The van der Waals surface area contributed by atoms with Crippen molar-refractivity contribution < 1.29 is 41.5 Å². The minimum absolute atomic E-state index is 0.0313. The van der Waals surface area contributed by atoms with E-state index >= 15 is 4.39 Å². The number of hydrogen-bond acceptors (Lipinski definition) is 14. The first kappa shape index (κ1) is 28.9. The van der Waals surface area contributed by atoms with E-state index in [0.29, 0.717) is 17.0 Å². The van der Waals surface area contributed by atoms with Gasteiger partial charge in [-0.3, -0.25) is 34.5 Å². The molecule has 3 unspecified atom stereocenters. The Bertz CT molecular complexity index is 1590. The number of carbonyl (C=O) groups excluding carboxylic acids is 1. The van der Waals surface area contributed by atoms with Crippen LogP contribution >= 0.6 is 25.8 Å². The summed E-state index contributed by atoms with van der Waals surface area (Å²) in [5.41, 5.74) is 0.833. The maximum Gasteiger partial charge on any atom is 0.387 e. The molecule has 22 heteroatoms. The van der Waals surface area contributed by atoms with E-state index in [4.69, 9.17) is 40.0 Å². The topological polar surface area (TPSA) is 208 Å². The highest BCUT2D eigenvalue weighted by atomic mass is 32.7. The summed E-state index contributed by atoms with van der Waals surface area (Å²) in [5, 5.41) is 10.00. The molecule has 1 amide bonds. The van der Waals surface area contributed by atoms with Crippen LogP contribution in [0, 0.1) is 12.3 Å². The van der Waals surface area contributed by atoms with E-state index < -0.39 is 69.2 Å². The predicted molar refractivity (Wildman–Crippen MR) is 146 cm³/mol. The van der Waals surface area contributed by atoms with Crippen molar-refractivity contribution in [3.63, 3.8) is 0 Å². The Morgan fingerprint density at radius 2 is 2.12 bits per heavy atom. The lowest BCUT2D eigenvalue weighted by atomic mass is 10.1. The van der Waals surface area contributed by atoms with Gasteiger partial charge in [0.2, 0.25) is 5.96 Å². The SMILES string of the molecule is Cc1ncc2nc3n(c2n1)CCOP(O)(=S)OC[C@H]1O[C@H](N2C=NC4C(=O)NC(=N)N=C42)[C@H](OP(=O)(S)OC3)[C@H]1F. The maximum absolute atomic E-state index is 15.8. The van der Waals surface area contributed by atoms with Crippen molar-refractivity contribution in [1.29, 1.82) is 5.41 Å². The van der Waals surface area contributed by atoms with Crippen LogP contribution < -0.4 is 5.32 Å². The van der Waals surface area contributed by atoms with E-state index in [2.05, 4.69) is 42.5 Å². The molecule has 3 N–H and O–H groups in total. The smallest absolute Gasteiger partial charge is 0.346 e. The highest BCUT2D eigenvalue weighted by Crippen LogP contribution is 2.57. The van der Waals surface area contributed by atoms with Crippen LogP contribution in [-0.4, -0.2) is 97.2 Å². The number of halogens is 1. The Hall–Kier alpha value is -2.25. The van der Waals surface area contributed by atoms with Gasteiger partial charge in [0.25, 0.3) is 5.91 Å². The van der Waals surface area contributed by atoms with Crippen LogP contribution in [0.2, 0.25) is 0 Å². The van der Waals surface area contributed by atoms with Crippen LogP contribution in [0.4, 0.5) is 4.39 Å². The fourth-order valence-corrected chi connectivity index (χ4v) is 7.07. The molecule has 0 aliphatic carbocycles. The zero-order valence-corrected chi connectivity index (χ0v) is 24.4. The van der Waals surface area contributed by atoms with E-state index in [9.17, 15) is 14.3 Å². The minimum atomic E-state index is -4.31. The van der Waals surface area contributed by atoms with Crippen molar-refractivity contribution >= 4 is 72.8 Å². The molecule has 4 aliphatic rings. The second kappa shape index (κ2) is 10.8. The van der Waals surface area contributed by atoms with Gasteiger partial charge in [0, 0.05) is 6.54 Å². The van der Waals surface area contributed by atoms with Crippen LogP contribution in [0.3, 0.4) is 0 Å². The van der Waals surface area contributed by atoms with Crippen LogP contribution in [0.25, 0.3) is 11.2 Å². The second-order valence-corrected chi connectivity index (χ2v) is 14.8. The number of fused-ring (bicyclic) bond motifs is 6. The molecule has 0 saturated carbocycles. The number of carbonyl (C=O) groups is 1. The number of rotatable bonds is 1. The zero-order chi connectivity index (χ0) is 29.1. The summed E-state index contributed by atoms with van der Waals surface area (Å²) in [7, 11) is 0. The van der Waals surface area contributed by atoms with Gasteiger partial charge in [0.05, 0.1) is 25.7 Å². The van der Waals surface area contributed by atoms with Gasteiger partial charge in [0.1, 0.15) is 36.0 Å². The number of aryl methyl sites for hydroxylation is 1. The summed E-state index contributed by atoms with van der Waals surface area (Å²) in [6.45, 7) is -7.49. The Morgan fingerprint density at radius 3 is 2.93 bits per heavy atom. The Morgan fingerprint density at radius 1 is 1.32 bits per heavy atom. The van der Waals surface area contributed by atoms with Crippen LogP contribution in [0.1, 0.15) is 11.6 Å². The molecule has 0 spiro atoms. The largest absolute Gasteiger partial charge is 0.387 e. The molecule has 2 aromatic rings. The molecule has 2 bridgehead atoms. The van der Waals surface area contributed by atoms with Gasteiger partial charge in [-0.25, -0.2) is 23.9 Å². The van der Waals surface area contributed by atoms with E-state index in [1.807, 2.05) is 0 Å². The van der Waals surface area contributed by atoms with Crippen LogP contribution in [-0.2, 0) is 57.1 Å². The van der Waals surface area contributed by atoms with Crippen molar-refractivity contribution in [1.82, 2.24) is 29.7 Å². The number of aromatic nitrogens is 4. The molecule has 4 aliphatic heterocycles. The van der Waals surface area contributed by atoms with Crippen LogP contribution in [0.15, 0.2) is 16.2 Å². The van der Waals surface area contributed by atoms with Crippen molar-refractivity contribution in [3.8, 4) is 0 Å². The van der Waals surface area contributed by atoms with E-state index in [-0.39, 0.29) is 24.8 Å². The number of thiol groups is 1. The molecule has 6 heterocycles. The summed E-state index contributed by atoms with van der Waals surface area (Å²) < 4.78 is 58.6. The first-order chi connectivity index (χ1) is 19.4. The van der Waals surface area contributed by atoms with Gasteiger partial charge in [0.15, 0.2) is 29.9 Å². The van der Waals surface area contributed by atoms with Crippen molar-refractivity contribution in [3.05, 3.63) is 17.8 Å². The highest BCUT2D eigenvalue weighted by molar-refractivity contribution is 8.44. The van der Waals surface area contributed by atoms with E-state index in [1.165, 1.54) is 17.4 Å². The lowest BCUT2D eigenvalue weighted by Crippen LogP contribution is -2.53. The van der Waals surface area contributed by atoms with Gasteiger partial charge in [-0.15, -0.1) is 0 Å². The molecular weight excluding hydrogens is 627 g/mol. The highest BCUT2D eigenvalue weighted by Gasteiger charge is 2.54. The third-order valence-electron chi connectivity index (χ3n) is 6.37. The summed E-state index contributed by atoms with van der Waals surface area (Å²) in [6, 6.07) is -1.12. The number of amidine groups is 1. The second-order valence-electron chi connectivity index (χ2n) is 9.11. The molecule has 41 heavy (non-hydrogen) atoms.